The van der Waals surface area contributed by atoms with Gasteiger partial charge in [-0.25, -0.2) is 0 Å². The highest BCUT2D eigenvalue weighted by Gasteiger charge is 2.20. The Kier molecular flexibility index (Phi) is 7.37. The number of hydrogen-bond donors (Lipinski definition) is 1. The second-order valence-electron chi connectivity index (χ2n) is 7.03. The molecule has 1 aromatic heterocycles. The van der Waals surface area contributed by atoms with Crippen molar-refractivity contribution in [3.05, 3.63) is 28.6 Å². The highest BCUT2D eigenvalue weighted by atomic mass is 16.5. The van der Waals surface area contributed by atoms with Gasteiger partial charge in [-0.3, -0.25) is 4.79 Å². The third-order valence-electron chi connectivity index (χ3n) is 4.50. The van der Waals surface area contributed by atoms with E-state index >= 15 is 0 Å². The highest BCUT2D eigenvalue weighted by Crippen LogP contribution is 2.34. The zero-order valence-electron chi connectivity index (χ0n) is 16.5. The zero-order chi connectivity index (χ0) is 19.1. The van der Waals surface area contributed by atoms with E-state index in [2.05, 4.69) is 6.92 Å². The minimum atomic E-state index is -0.151. The van der Waals surface area contributed by atoms with Crippen molar-refractivity contribution in [3.63, 3.8) is 0 Å². The molecule has 0 saturated carbocycles. The normalized spacial score (nSPS) is 11.3. The van der Waals surface area contributed by atoms with Crippen molar-refractivity contribution in [1.29, 1.82) is 0 Å². The number of nitrogens with two attached hydrogens (primary N) is 1. The Balaban J connectivity index is 2.41. The first-order valence-corrected chi connectivity index (χ1v) is 9.66. The summed E-state index contributed by atoms with van der Waals surface area (Å²) in [6.07, 6.45) is 6.93. The number of pyridine rings is 1. The maximum atomic E-state index is 13.1. The minimum absolute atomic E-state index is 0.106. The SMILES string of the molecule is CCCCCCCCn1c(=O)c(OC(C)C)c(OC)c2ccc(N)cc21. The van der Waals surface area contributed by atoms with Gasteiger partial charge in [0.1, 0.15) is 0 Å². The number of aryl methyl sites for hydroxylation is 1. The van der Waals surface area contributed by atoms with Crippen molar-refractivity contribution in [2.75, 3.05) is 12.8 Å². The van der Waals surface area contributed by atoms with Gasteiger partial charge in [0.05, 0.1) is 18.7 Å². The Labute approximate surface area is 156 Å². The Morgan fingerprint density at radius 2 is 1.77 bits per heavy atom. The zero-order valence-corrected chi connectivity index (χ0v) is 16.5. The van der Waals surface area contributed by atoms with Crippen LogP contribution in [0.4, 0.5) is 5.69 Å². The molecule has 0 bridgehead atoms. The van der Waals surface area contributed by atoms with Crippen LogP contribution in [0.25, 0.3) is 10.9 Å². The molecule has 144 valence electrons. The number of fused-ring (bicyclic) bond motifs is 1. The number of nitrogen functional groups attached to an aromatic ring is 1. The van der Waals surface area contributed by atoms with Gasteiger partial charge < -0.3 is 19.8 Å². The number of aromatic nitrogens is 1. The molecule has 0 aliphatic carbocycles. The van der Waals surface area contributed by atoms with E-state index in [1.807, 2.05) is 32.0 Å². The number of unbranched alkanes of at least 4 members (excludes halogenated alkanes) is 5. The second-order valence-corrected chi connectivity index (χ2v) is 7.03. The number of rotatable bonds is 10. The van der Waals surface area contributed by atoms with Crippen LogP contribution in [-0.2, 0) is 6.54 Å². The van der Waals surface area contributed by atoms with Crippen LogP contribution in [0.15, 0.2) is 23.0 Å². The average Bonchev–Trinajstić information content (AvgIpc) is 2.60. The summed E-state index contributed by atoms with van der Waals surface area (Å²) in [7, 11) is 1.57. The standard InChI is InChI=1S/C21H32N2O3/c1-5-6-7-8-9-10-13-23-18-14-16(22)11-12-17(18)19(25-4)20(21(23)24)26-15(2)3/h11-12,14-15H,5-10,13,22H2,1-4H3. The molecule has 1 heterocycles. The van der Waals surface area contributed by atoms with Crippen molar-refractivity contribution in [2.24, 2.45) is 0 Å². The molecule has 0 saturated heterocycles. The lowest BCUT2D eigenvalue weighted by Gasteiger charge is -2.19. The Bertz CT molecular complexity index is 781. The number of anilines is 1. The third kappa shape index (κ3) is 4.71. The molecule has 26 heavy (non-hydrogen) atoms. The van der Waals surface area contributed by atoms with Crippen LogP contribution in [-0.4, -0.2) is 17.8 Å². The number of benzene rings is 1. The van der Waals surface area contributed by atoms with E-state index in [1.54, 1.807) is 11.7 Å². The molecule has 5 heteroatoms. The van der Waals surface area contributed by atoms with E-state index in [4.69, 9.17) is 15.2 Å². The van der Waals surface area contributed by atoms with Gasteiger partial charge in [0.2, 0.25) is 5.75 Å². The molecule has 0 radical (unpaired) electrons. The predicted molar refractivity (Wildman–Crippen MR) is 108 cm³/mol. The minimum Gasteiger partial charge on any atom is -0.492 e. The molecule has 0 fully saturated rings. The summed E-state index contributed by atoms with van der Waals surface area (Å²) >= 11 is 0. The van der Waals surface area contributed by atoms with Gasteiger partial charge in [-0.2, -0.15) is 0 Å². The summed E-state index contributed by atoms with van der Waals surface area (Å²) in [4.78, 5) is 13.1. The summed E-state index contributed by atoms with van der Waals surface area (Å²) in [6, 6.07) is 5.56. The van der Waals surface area contributed by atoms with Gasteiger partial charge in [-0.05, 0) is 38.5 Å². The van der Waals surface area contributed by atoms with Crippen molar-refractivity contribution < 1.29 is 9.47 Å². The maximum Gasteiger partial charge on any atom is 0.297 e. The molecular formula is C21H32N2O3. The fourth-order valence-electron chi connectivity index (χ4n) is 3.23. The fraction of sp³-hybridized carbons (Fsp3) is 0.571. The number of methoxy groups -OCH3 is 1. The van der Waals surface area contributed by atoms with Gasteiger partial charge in [0, 0.05) is 17.6 Å². The quantitative estimate of drug-likeness (QED) is 0.491. The van der Waals surface area contributed by atoms with Crippen molar-refractivity contribution in [2.45, 2.75) is 71.9 Å². The molecule has 2 N–H and O–H groups in total. The number of ether oxygens (including phenoxy) is 2. The van der Waals surface area contributed by atoms with E-state index in [-0.39, 0.29) is 17.4 Å². The summed E-state index contributed by atoms with van der Waals surface area (Å²) in [5.74, 6) is 0.767. The first kappa shape index (κ1) is 20.1. The van der Waals surface area contributed by atoms with Crippen LogP contribution < -0.4 is 20.8 Å². The van der Waals surface area contributed by atoms with Crippen LogP contribution in [0.2, 0.25) is 0 Å². The molecule has 0 unspecified atom stereocenters. The smallest absolute Gasteiger partial charge is 0.297 e. The van der Waals surface area contributed by atoms with Crippen molar-refractivity contribution >= 4 is 16.6 Å². The van der Waals surface area contributed by atoms with E-state index in [1.165, 1.54) is 25.7 Å². The first-order valence-electron chi connectivity index (χ1n) is 9.66. The van der Waals surface area contributed by atoms with Gasteiger partial charge in [0.25, 0.3) is 5.56 Å². The summed E-state index contributed by atoms with van der Waals surface area (Å²) in [5.41, 5.74) is 7.26. The van der Waals surface area contributed by atoms with Crippen LogP contribution in [0.1, 0.15) is 59.3 Å². The lowest BCUT2D eigenvalue weighted by atomic mass is 10.1. The van der Waals surface area contributed by atoms with E-state index in [0.29, 0.717) is 18.0 Å². The number of nitrogens with zero attached hydrogens (tertiary/aromatic N) is 1. The van der Waals surface area contributed by atoms with Crippen molar-refractivity contribution in [3.8, 4) is 11.5 Å². The van der Waals surface area contributed by atoms with E-state index < -0.39 is 0 Å². The lowest BCUT2D eigenvalue weighted by molar-refractivity contribution is 0.226. The molecule has 2 rings (SSSR count). The highest BCUT2D eigenvalue weighted by molar-refractivity contribution is 5.90. The van der Waals surface area contributed by atoms with Gasteiger partial charge in [-0.1, -0.05) is 39.0 Å². The molecule has 0 aliphatic rings. The van der Waals surface area contributed by atoms with E-state index in [9.17, 15) is 4.79 Å². The van der Waals surface area contributed by atoms with Crippen LogP contribution in [0, 0.1) is 0 Å². The lowest BCUT2D eigenvalue weighted by Crippen LogP contribution is -2.25. The summed E-state index contributed by atoms with van der Waals surface area (Å²) in [5, 5.41) is 0.850. The molecular weight excluding hydrogens is 328 g/mol. The summed E-state index contributed by atoms with van der Waals surface area (Å²) < 4.78 is 13.1. The Morgan fingerprint density at radius 1 is 1.08 bits per heavy atom. The maximum absolute atomic E-state index is 13.1. The molecule has 0 aliphatic heterocycles. The average molecular weight is 360 g/mol. The third-order valence-corrected chi connectivity index (χ3v) is 4.50. The topological polar surface area (TPSA) is 66.5 Å². The van der Waals surface area contributed by atoms with Crippen LogP contribution in [0.5, 0.6) is 11.5 Å². The Hall–Kier alpha value is -2.17. The van der Waals surface area contributed by atoms with Gasteiger partial charge in [-0.15, -0.1) is 0 Å². The summed E-state index contributed by atoms with van der Waals surface area (Å²) in [6.45, 7) is 6.68. The van der Waals surface area contributed by atoms with E-state index in [0.717, 1.165) is 23.7 Å². The molecule has 5 nitrogen and oxygen atoms in total. The predicted octanol–water partition coefficient (Wildman–Crippen LogP) is 4.74. The van der Waals surface area contributed by atoms with Crippen LogP contribution >= 0.6 is 0 Å². The fourth-order valence-corrected chi connectivity index (χ4v) is 3.23. The molecule has 0 atom stereocenters. The van der Waals surface area contributed by atoms with Gasteiger partial charge in [0.15, 0.2) is 5.75 Å². The van der Waals surface area contributed by atoms with Gasteiger partial charge >= 0.3 is 0 Å². The molecule has 0 spiro atoms. The largest absolute Gasteiger partial charge is 0.492 e. The molecule has 2 aromatic rings. The first-order chi connectivity index (χ1) is 12.5. The monoisotopic (exact) mass is 360 g/mol. The molecule has 0 amide bonds. The van der Waals surface area contributed by atoms with Crippen molar-refractivity contribution in [1.82, 2.24) is 4.57 Å². The number of hydrogen-bond acceptors (Lipinski definition) is 4. The second kappa shape index (κ2) is 9.51. The molecule has 1 aromatic carbocycles. The van der Waals surface area contributed by atoms with Crippen LogP contribution in [0.3, 0.4) is 0 Å². The Morgan fingerprint density at radius 3 is 2.42 bits per heavy atom.